The van der Waals surface area contributed by atoms with E-state index in [4.69, 9.17) is 14.2 Å². The molecule has 2 aromatic rings. The number of carbonyl (C=O) groups is 4. The monoisotopic (exact) mass is 534 g/mol. The van der Waals surface area contributed by atoms with Gasteiger partial charge in [-0.25, -0.2) is 9.59 Å². The Bertz CT molecular complexity index is 1220. The van der Waals surface area contributed by atoms with E-state index < -0.39 is 53.7 Å². The molecule has 2 saturated heterocycles. The summed E-state index contributed by atoms with van der Waals surface area (Å²) in [5, 5.41) is 0. The molecule has 0 N–H and O–H groups in total. The maximum atomic E-state index is 13.7. The molecule has 0 aliphatic carbocycles. The van der Waals surface area contributed by atoms with Crippen LogP contribution in [0.2, 0.25) is 0 Å². The van der Waals surface area contributed by atoms with E-state index in [0.29, 0.717) is 0 Å². The maximum absolute atomic E-state index is 13.7. The van der Waals surface area contributed by atoms with Crippen molar-refractivity contribution in [2.75, 3.05) is 13.7 Å². The molecular weight excluding hydrogens is 500 g/mol. The minimum Gasteiger partial charge on any atom is -0.467 e. The van der Waals surface area contributed by atoms with Crippen LogP contribution >= 0.6 is 0 Å². The van der Waals surface area contributed by atoms with Crippen molar-refractivity contribution in [1.29, 1.82) is 0 Å². The molecule has 9 nitrogen and oxygen atoms in total. The Morgan fingerprint density at radius 1 is 1.05 bits per heavy atom. The van der Waals surface area contributed by atoms with Gasteiger partial charge < -0.3 is 19.1 Å². The summed E-state index contributed by atoms with van der Waals surface area (Å²) in [5.41, 5.74) is 1.05. The number of benzene rings is 2. The molecule has 0 unspecified atom stereocenters. The van der Waals surface area contributed by atoms with E-state index >= 15 is 0 Å². The summed E-state index contributed by atoms with van der Waals surface area (Å²) in [4.78, 5) is 54.8. The lowest BCUT2D eigenvalue weighted by atomic mass is 9.87. The number of β-lactam (4-membered cyclic amide) rings is 1. The number of hydrogen-bond acceptors (Lipinski definition) is 7. The van der Waals surface area contributed by atoms with Crippen LogP contribution < -0.4 is 0 Å². The number of amides is 2. The number of rotatable bonds is 9. The third kappa shape index (κ3) is 6.30. The van der Waals surface area contributed by atoms with Crippen LogP contribution in [0.1, 0.15) is 50.8 Å². The van der Waals surface area contributed by atoms with E-state index in [2.05, 4.69) is 0 Å². The number of ether oxygens (including phenoxy) is 3. The third-order valence-corrected chi connectivity index (χ3v) is 6.68. The van der Waals surface area contributed by atoms with Gasteiger partial charge in [0.15, 0.2) is 0 Å². The summed E-state index contributed by atoms with van der Waals surface area (Å²) in [6, 6.07) is 15.8. The lowest BCUT2D eigenvalue weighted by Crippen LogP contribution is -2.73. The van der Waals surface area contributed by atoms with Gasteiger partial charge >= 0.3 is 18.0 Å². The molecule has 206 valence electrons. The molecule has 2 amide bonds. The highest BCUT2D eigenvalue weighted by Gasteiger charge is 2.58. The van der Waals surface area contributed by atoms with Gasteiger partial charge in [-0.15, -0.1) is 0 Å². The first-order valence-electron chi connectivity index (χ1n) is 13.0. The van der Waals surface area contributed by atoms with E-state index in [1.165, 1.54) is 16.9 Å². The zero-order valence-corrected chi connectivity index (χ0v) is 22.6. The predicted molar refractivity (Wildman–Crippen MR) is 143 cm³/mol. The topological polar surface area (TPSA) is 102 Å². The van der Waals surface area contributed by atoms with Gasteiger partial charge in [-0.2, -0.15) is 0 Å². The van der Waals surface area contributed by atoms with E-state index in [-0.39, 0.29) is 19.4 Å². The largest absolute Gasteiger partial charge is 0.467 e. The summed E-state index contributed by atoms with van der Waals surface area (Å²) in [5.74, 6) is -1.55. The highest BCUT2D eigenvalue weighted by atomic mass is 16.6. The smallest absolute Gasteiger partial charge is 0.411 e. The molecular formula is C30H34N2O7. The van der Waals surface area contributed by atoms with Crippen molar-refractivity contribution in [2.24, 2.45) is 0 Å². The Kier molecular flexibility index (Phi) is 8.38. The quantitative estimate of drug-likeness (QED) is 0.271. The van der Waals surface area contributed by atoms with Crippen LogP contribution in [-0.2, 0) is 28.6 Å². The number of carbonyl (C=O) groups excluding carboxylic acids is 4. The first-order valence-corrected chi connectivity index (χ1v) is 13.0. The summed E-state index contributed by atoms with van der Waals surface area (Å²) < 4.78 is 15.8. The van der Waals surface area contributed by atoms with Gasteiger partial charge in [0.1, 0.15) is 24.3 Å². The van der Waals surface area contributed by atoms with Crippen molar-refractivity contribution in [3.63, 3.8) is 0 Å². The fourth-order valence-electron chi connectivity index (χ4n) is 4.96. The molecule has 4 rings (SSSR count). The van der Waals surface area contributed by atoms with Crippen molar-refractivity contribution in [2.45, 2.75) is 63.4 Å². The molecule has 2 fully saturated rings. The number of esters is 2. The molecule has 2 aliphatic heterocycles. The molecule has 2 aliphatic rings. The molecule has 9 heteroatoms. The fourth-order valence-corrected chi connectivity index (χ4v) is 4.96. The summed E-state index contributed by atoms with van der Waals surface area (Å²) in [6.45, 7) is 5.39. The first kappa shape index (κ1) is 27.9. The van der Waals surface area contributed by atoms with Gasteiger partial charge in [-0.3, -0.25) is 14.5 Å². The zero-order chi connectivity index (χ0) is 28.2. The average Bonchev–Trinajstić information content (AvgIpc) is 3.28. The van der Waals surface area contributed by atoms with Crippen molar-refractivity contribution in [3.05, 3.63) is 77.9 Å². The van der Waals surface area contributed by atoms with Gasteiger partial charge in [-0.1, -0.05) is 72.8 Å². The first-order chi connectivity index (χ1) is 18.6. The molecule has 2 heterocycles. The van der Waals surface area contributed by atoms with Crippen molar-refractivity contribution in [3.8, 4) is 0 Å². The molecule has 0 spiro atoms. The van der Waals surface area contributed by atoms with E-state index in [1.54, 1.807) is 26.8 Å². The predicted octanol–water partition coefficient (Wildman–Crippen LogP) is 4.14. The highest BCUT2D eigenvalue weighted by molar-refractivity contribution is 5.97. The Morgan fingerprint density at radius 3 is 2.31 bits per heavy atom. The summed E-state index contributed by atoms with van der Waals surface area (Å²) >= 11 is 0. The molecule has 39 heavy (non-hydrogen) atoms. The van der Waals surface area contributed by atoms with Crippen molar-refractivity contribution < 1.29 is 33.4 Å². The van der Waals surface area contributed by atoms with Crippen molar-refractivity contribution >= 4 is 30.0 Å². The summed E-state index contributed by atoms with van der Waals surface area (Å²) in [6.07, 6.45) is 2.99. The summed E-state index contributed by atoms with van der Waals surface area (Å²) in [7, 11) is 1.24. The van der Waals surface area contributed by atoms with Crippen molar-refractivity contribution in [1.82, 2.24) is 9.80 Å². The van der Waals surface area contributed by atoms with Gasteiger partial charge in [0.05, 0.1) is 19.2 Å². The van der Waals surface area contributed by atoms with Gasteiger partial charge in [0.25, 0.3) is 0 Å². The number of cyclic esters (lactones) is 1. The second-order valence-electron chi connectivity index (χ2n) is 10.5. The molecule has 4 atom stereocenters. The van der Waals surface area contributed by atoms with Crippen LogP contribution in [-0.4, -0.2) is 71.2 Å². The Hall–Kier alpha value is -4.14. The fraction of sp³-hybridized carbons (Fsp3) is 0.400. The van der Waals surface area contributed by atoms with Crippen LogP contribution in [0.3, 0.4) is 0 Å². The maximum Gasteiger partial charge on any atom is 0.411 e. The molecule has 2 aromatic carbocycles. The van der Waals surface area contributed by atoms with Crippen LogP contribution in [0.5, 0.6) is 0 Å². The van der Waals surface area contributed by atoms with E-state index in [1.807, 2.05) is 66.7 Å². The number of methoxy groups -OCH3 is 1. The minimum absolute atomic E-state index is 0.0162. The van der Waals surface area contributed by atoms with Crippen LogP contribution in [0.25, 0.3) is 6.08 Å². The van der Waals surface area contributed by atoms with Crippen LogP contribution in [0.15, 0.2) is 66.7 Å². The second-order valence-corrected chi connectivity index (χ2v) is 10.5. The minimum atomic E-state index is -1.04. The molecule has 0 bridgehead atoms. The van der Waals surface area contributed by atoms with E-state index in [0.717, 1.165) is 11.1 Å². The lowest BCUT2D eigenvalue weighted by molar-refractivity contribution is -0.171. The Morgan fingerprint density at radius 2 is 1.69 bits per heavy atom. The normalized spacial score (nSPS) is 21.9. The van der Waals surface area contributed by atoms with Crippen LogP contribution in [0.4, 0.5) is 4.79 Å². The molecule has 0 radical (unpaired) electrons. The van der Waals surface area contributed by atoms with Gasteiger partial charge in [-0.05, 0) is 38.3 Å². The van der Waals surface area contributed by atoms with Crippen LogP contribution in [0, 0.1) is 0 Å². The second kappa shape index (κ2) is 11.7. The number of nitrogens with zero attached hydrogens (tertiary/aromatic N) is 2. The Labute approximate surface area is 228 Å². The zero-order valence-electron chi connectivity index (χ0n) is 22.6. The average molecular weight is 535 g/mol. The van der Waals surface area contributed by atoms with Gasteiger partial charge in [0, 0.05) is 6.42 Å². The van der Waals surface area contributed by atoms with E-state index in [9.17, 15) is 19.2 Å². The molecule has 0 saturated carbocycles. The number of hydrogen-bond donors (Lipinski definition) is 0. The lowest BCUT2D eigenvalue weighted by Gasteiger charge is -2.52. The number of likely N-dealkylation sites (tertiary alicyclic amines) is 1. The standard InChI is InChI=1S/C30H34N2O7/c1-30(2,3)39-25(33)18-17-23(28(35)37-4)31-22(16-15-20-11-7-5-8-12-20)26(27(31)34)32-24(19-38-29(32)36)21-13-9-6-10-14-21/h5-16,22-24,26H,17-19H2,1-4H3/t22-,23+,24-,26+/m1/s1. The SMILES string of the molecule is COC(=O)[C@H](CCC(=O)OC(C)(C)C)N1C(=O)[C@@H](N2C(=O)OC[C@@H]2c2ccccc2)[C@H]1C=Cc1ccccc1. The highest BCUT2D eigenvalue weighted by Crippen LogP contribution is 2.39. The van der Waals surface area contributed by atoms with Gasteiger partial charge in [0.2, 0.25) is 5.91 Å². The molecule has 0 aromatic heterocycles. The third-order valence-electron chi connectivity index (χ3n) is 6.68. The Balaban J connectivity index is 1.65.